The molecule has 3 rings (SSSR count). The second kappa shape index (κ2) is 6.65. The van der Waals surface area contributed by atoms with Gasteiger partial charge < -0.3 is 4.90 Å². The van der Waals surface area contributed by atoms with Gasteiger partial charge in [0.15, 0.2) is 0 Å². The summed E-state index contributed by atoms with van der Waals surface area (Å²) < 4.78 is 0. The maximum Gasteiger partial charge on any atom is 0.273 e. The number of carbonyl (C=O) groups is 1. The minimum absolute atomic E-state index is 0.0216. The lowest BCUT2D eigenvalue weighted by atomic mass is 10.1. The van der Waals surface area contributed by atoms with Gasteiger partial charge in [-0.15, -0.1) is 11.8 Å². The van der Waals surface area contributed by atoms with Crippen LogP contribution in [0.5, 0.6) is 0 Å². The van der Waals surface area contributed by atoms with Crippen LogP contribution in [0.15, 0.2) is 47.4 Å². The molecule has 0 N–H and O–H groups in total. The molecule has 0 unspecified atom stereocenters. The number of anilines is 1. The van der Waals surface area contributed by atoms with Gasteiger partial charge >= 0.3 is 0 Å². The van der Waals surface area contributed by atoms with E-state index in [2.05, 4.69) is 6.92 Å². The highest BCUT2D eigenvalue weighted by molar-refractivity contribution is 8.00. The van der Waals surface area contributed by atoms with Crippen LogP contribution in [0.1, 0.15) is 29.3 Å². The maximum atomic E-state index is 13.0. The molecule has 0 radical (unpaired) electrons. The summed E-state index contributed by atoms with van der Waals surface area (Å²) in [6.45, 7) is 4.42. The lowest BCUT2D eigenvalue weighted by Crippen LogP contribution is -2.32. The lowest BCUT2D eigenvalue weighted by Gasteiger charge is -2.22. The van der Waals surface area contributed by atoms with Crippen LogP contribution in [0.3, 0.4) is 0 Å². The average Bonchev–Trinajstić information content (AvgIpc) is 2.72. The molecule has 1 aliphatic rings. The fourth-order valence-electron chi connectivity index (χ4n) is 2.79. The van der Waals surface area contributed by atoms with Crippen LogP contribution in [-0.2, 0) is 0 Å². The predicted molar refractivity (Wildman–Crippen MR) is 95.9 cm³/mol. The number of para-hydroxylation sites is 1. The van der Waals surface area contributed by atoms with Gasteiger partial charge in [0.2, 0.25) is 0 Å². The first-order valence-corrected chi connectivity index (χ1v) is 8.68. The Labute approximate surface area is 144 Å². The van der Waals surface area contributed by atoms with E-state index in [1.54, 1.807) is 35.7 Å². The molecule has 1 aliphatic heterocycles. The van der Waals surface area contributed by atoms with Crippen LogP contribution in [0.4, 0.5) is 11.4 Å². The predicted octanol–water partition coefficient (Wildman–Crippen LogP) is 4.43. The van der Waals surface area contributed by atoms with Gasteiger partial charge in [-0.05, 0) is 31.5 Å². The molecule has 0 aliphatic carbocycles. The molecule has 2 aromatic carbocycles. The number of amides is 1. The van der Waals surface area contributed by atoms with Gasteiger partial charge in [0.25, 0.3) is 11.6 Å². The molecule has 0 spiro atoms. The minimum Gasteiger partial charge on any atom is -0.307 e. The molecular formula is C18H18N2O3S. The molecule has 0 fully saturated rings. The molecule has 0 saturated heterocycles. The first-order chi connectivity index (χ1) is 11.5. The number of carbonyl (C=O) groups excluding carboxylic acids is 1. The Morgan fingerprint density at radius 1 is 1.29 bits per heavy atom. The zero-order valence-electron chi connectivity index (χ0n) is 13.6. The smallest absolute Gasteiger partial charge is 0.273 e. The first kappa shape index (κ1) is 16.5. The first-order valence-electron chi connectivity index (χ1n) is 7.80. The SMILES string of the molecule is Cc1ccc(C(=O)N2CC[C@@H](C)Sc3ccccc32)cc1[N+](=O)[O-]. The Morgan fingerprint density at radius 3 is 2.79 bits per heavy atom. The molecule has 1 heterocycles. The molecular weight excluding hydrogens is 324 g/mol. The quantitative estimate of drug-likeness (QED) is 0.598. The highest BCUT2D eigenvalue weighted by atomic mass is 32.2. The monoisotopic (exact) mass is 342 g/mol. The molecule has 0 bridgehead atoms. The number of thioether (sulfide) groups is 1. The van der Waals surface area contributed by atoms with Gasteiger partial charge in [0.05, 0.1) is 10.6 Å². The molecule has 0 aromatic heterocycles. The van der Waals surface area contributed by atoms with Crippen LogP contribution >= 0.6 is 11.8 Å². The lowest BCUT2D eigenvalue weighted by molar-refractivity contribution is -0.385. The van der Waals surface area contributed by atoms with Crippen molar-refractivity contribution >= 4 is 29.0 Å². The summed E-state index contributed by atoms with van der Waals surface area (Å²) in [6.07, 6.45) is 0.874. The van der Waals surface area contributed by atoms with E-state index in [9.17, 15) is 14.9 Å². The van der Waals surface area contributed by atoms with Crippen molar-refractivity contribution in [2.24, 2.45) is 0 Å². The van der Waals surface area contributed by atoms with Crippen molar-refractivity contribution in [2.45, 2.75) is 30.4 Å². The molecule has 5 nitrogen and oxygen atoms in total. The van der Waals surface area contributed by atoms with Crippen molar-refractivity contribution < 1.29 is 9.72 Å². The van der Waals surface area contributed by atoms with Crippen LogP contribution in [-0.4, -0.2) is 22.6 Å². The van der Waals surface area contributed by atoms with Gasteiger partial charge in [-0.3, -0.25) is 14.9 Å². The zero-order chi connectivity index (χ0) is 17.3. The Kier molecular flexibility index (Phi) is 4.57. The van der Waals surface area contributed by atoms with Gasteiger partial charge in [-0.2, -0.15) is 0 Å². The Bertz CT molecular complexity index is 807. The summed E-state index contributed by atoms with van der Waals surface area (Å²) in [7, 11) is 0. The molecule has 2 aromatic rings. The molecule has 0 saturated carbocycles. The summed E-state index contributed by atoms with van der Waals surface area (Å²) >= 11 is 1.76. The fourth-order valence-corrected chi connectivity index (χ4v) is 3.91. The van der Waals surface area contributed by atoms with E-state index in [1.165, 1.54) is 6.07 Å². The summed E-state index contributed by atoms with van der Waals surface area (Å²) in [5.41, 5.74) is 1.76. The van der Waals surface area contributed by atoms with Gasteiger partial charge in [0, 0.05) is 33.9 Å². The zero-order valence-corrected chi connectivity index (χ0v) is 14.4. The van der Waals surface area contributed by atoms with Crippen LogP contribution in [0.2, 0.25) is 0 Å². The molecule has 1 atom stereocenters. The molecule has 124 valence electrons. The van der Waals surface area contributed by atoms with E-state index in [0.717, 1.165) is 17.0 Å². The Morgan fingerprint density at radius 2 is 2.04 bits per heavy atom. The average molecular weight is 342 g/mol. The van der Waals surface area contributed by atoms with Crippen molar-refractivity contribution in [3.8, 4) is 0 Å². The number of hydrogen-bond donors (Lipinski definition) is 0. The van der Waals surface area contributed by atoms with Crippen molar-refractivity contribution in [3.63, 3.8) is 0 Å². The number of nitro benzene ring substituents is 1. The highest BCUT2D eigenvalue weighted by Crippen LogP contribution is 2.38. The number of nitro groups is 1. The van der Waals surface area contributed by atoms with E-state index < -0.39 is 4.92 Å². The molecule has 6 heteroatoms. The Balaban J connectivity index is 2.01. The number of nitrogens with zero attached hydrogens (tertiary/aromatic N) is 2. The third kappa shape index (κ3) is 3.14. The van der Waals surface area contributed by atoms with Crippen molar-refractivity contribution in [3.05, 3.63) is 63.7 Å². The van der Waals surface area contributed by atoms with Crippen molar-refractivity contribution in [1.82, 2.24) is 0 Å². The topological polar surface area (TPSA) is 63.5 Å². The summed E-state index contributed by atoms with van der Waals surface area (Å²) in [5.74, 6) is -0.194. The van der Waals surface area contributed by atoms with Gasteiger partial charge in [-0.1, -0.05) is 25.1 Å². The number of benzene rings is 2. The van der Waals surface area contributed by atoms with E-state index >= 15 is 0 Å². The minimum atomic E-state index is -0.444. The van der Waals surface area contributed by atoms with Gasteiger partial charge in [0.1, 0.15) is 0 Å². The van der Waals surface area contributed by atoms with Crippen LogP contribution in [0.25, 0.3) is 0 Å². The van der Waals surface area contributed by atoms with Crippen LogP contribution in [0, 0.1) is 17.0 Å². The number of hydrogen-bond acceptors (Lipinski definition) is 4. The van der Waals surface area contributed by atoms with E-state index in [0.29, 0.717) is 22.9 Å². The number of fused-ring (bicyclic) bond motifs is 1. The summed E-state index contributed by atoms with van der Waals surface area (Å²) in [4.78, 5) is 26.5. The van der Waals surface area contributed by atoms with Gasteiger partial charge in [-0.25, -0.2) is 0 Å². The summed E-state index contributed by atoms with van der Waals surface area (Å²) in [6, 6.07) is 12.5. The standard InChI is InChI=1S/C18H18N2O3S/c1-12-7-8-14(11-16(12)20(22)23)18(21)19-10-9-13(2)24-17-6-4-3-5-15(17)19/h3-8,11,13H,9-10H2,1-2H3/t13-/m1/s1. The van der Waals surface area contributed by atoms with Crippen molar-refractivity contribution in [2.75, 3.05) is 11.4 Å². The number of rotatable bonds is 2. The second-order valence-corrected chi connectivity index (χ2v) is 7.38. The van der Waals surface area contributed by atoms with E-state index in [1.807, 2.05) is 24.3 Å². The number of aryl methyl sites for hydroxylation is 1. The third-order valence-corrected chi connectivity index (χ3v) is 5.38. The molecule has 1 amide bonds. The molecule has 24 heavy (non-hydrogen) atoms. The second-order valence-electron chi connectivity index (χ2n) is 5.90. The maximum absolute atomic E-state index is 13.0. The normalized spacial score (nSPS) is 17.1. The Hall–Kier alpha value is -2.34. The van der Waals surface area contributed by atoms with Crippen molar-refractivity contribution in [1.29, 1.82) is 0 Å². The third-order valence-electron chi connectivity index (χ3n) is 4.14. The fraction of sp³-hybridized carbons (Fsp3) is 0.278. The van der Waals surface area contributed by atoms with E-state index in [4.69, 9.17) is 0 Å². The van der Waals surface area contributed by atoms with Crippen LogP contribution < -0.4 is 4.90 Å². The highest BCUT2D eigenvalue weighted by Gasteiger charge is 2.26. The van der Waals surface area contributed by atoms with E-state index in [-0.39, 0.29) is 11.6 Å². The largest absolute Gasteiger partial charge is 0.307 e. The summed E-state index contributed by atoms with van der Waals surface area (Å²) in [5, 5.41) is 11.6.